The molecule has 12 heavy (non-hydrogen) atoms. The van der Waals surface area contributed by atoms with Gasteiger partial charge in [0.15, 0.2) is 0 Å². The first kappa shape index (κ1) is 66.4. The van der Waals surface area contributed by atoms with Gasteiger partial charge in [-0.1, -0.05) is 0 Å². The molecule has 0 aromatic carbocycles. The van der Waals surface area contributed by atoms with Gasteiger partial charge in [-0.3, -0.25) is 0 Å². The number of hydrogen-bond donors (Lipinski definition) is 0. The van der Waals surface area contributed by atoms with E-state index in [0.717, 1.165) is 0 Å². The smallest absolute Gasteiger partial charge is 1.00 e. The van der Waals surface area contributed by atoms with Crippen molar-refractivity contribution in [3.05, 3.63) is 27.7 Å². The van der Waals surface area contributed by atoms with Crippen molar-refractivity contribution in [3.8, 4) is 0 Å². The molecule has 0 aliphatic carbocycles. The van der Waals surface area contributed by atoms with E-state index >= 15 is 0 Å². The number of rotatable bonds is 0. The first-order valence-electron chi connectivity index (χ1n) is 2.83. The van der Waals surface area contributed by atoms with E-state index in [1.165, 1.54) is 0 Å². The van der Waals surface area contributed by atoms with E-state index in [9.17, 15) is 0 Å². The van der Waals surface area contributed by atoms with Crippen molar-refractivity contribution in [1.82, 2.24) is 0 Å². The maximum absolute atomic E-state index is 3.25. The molecule has 0 saturated carbocycles. The Bertz CT molecular complexity index is 17.0. The summed E-state index contributed by atoms with van der Waals surface area (Å²) < 4.78 is 0. The van der Waals surface area contributed by atoms with Crippen molar-refractivity contribution in [2.24, 2.45) is 0 Å². The van der Waals surface area contributed by atoms with Crippen LogP contribution in [-0.2, 0) is 0 Å². The summed E-state index contributed by atoms with van der Waals surface area (Å²) in [7, 11) is 0. The molecule has 0 N–H and O–H groups in total. The van der Waals surface area contributed by atoms with E-state index in [-0.39, 0.29) is 76.3 Å². The molecule has 0 nitrogen and oxygen atoms in total. The van der Waals surface area contributed by atoms with Crippen molar-refractivity contribution < 1.29 is 56.1 Å². The first-order valence-corrected chi connectivity index (χ1v) is 2.83. The molecule has 64 valence electrons. The molecule has 0 bridgehead atoms. The third-order valence-corrected chi connectivity index (χ3v) is 0. The Balaban J connectivity index is -0.00000000267. The van der Waals surface area contributed by atoms with Gasteiger partial charge in [-0.2, -0.15) is 27.7 Å². The van der Waals surface area contributed by atoms with Crippen LogP contribution in [0.4, 0.5) is 0 Å². The fraction of sp³-hybridized carbons (Fsp3) is 0.500. The van der Waals surface area contributed by atoms with Gasteiger partial charge >= 0.3 is 71.6 Å². The molecule has 0 atom stereocenters. The summed E-state index contributed by atoms with van der Waals surface area (Å²) in [4.78, 5) is 0. The van der Waals surface area contributed by atoms with E-state index in [0.29, 0.717) is 0 Å². The SMILES string of the molecule is [Be+2].[Be+2].[CH2-]C.[CH2-]C.[CH2-]C.[CH2-]C.[F-].[K+]. The van der Waals surface area contributed by atoms with Gasteiger partial charge in [0.25, 0.3) is 0 Å². The van der Waals surface area contributed by atoms with Crippen molar-refractivity contribution >= 4 is 20.2 Å². The molecule has 0 saturated heterocycles. The molecule has 0 unspecified atom stereocenters. The Hall–Kier alpha value is 1.90. The van der Waals surface area contributed by atoms with Crippen molar-refractivity contribution in [1.29, 1.82) is 0 Å². The minimum Gasteiger partial charge on any atom is -1.00 e. The van der Waals surface area contributed by atoms with Gasteiger partial charge in [0.2, 0.25) is 0 Å². The summed E-state index contributed by atoms with van der Waals surface area (Å²) in [6.07, 6.45) is 0. The Kier molecular flexibility index (Phi) is 2790. The second kappa shape index (κ2) is 504. The van der Waals surface area contributed by atoms with Gasteiger partial charge in [0.05, 0.1) is 0 Å². The van der Waals surface area contributed by atoms with E-state index in [1.54, 1.807) is 27.7 Å². The average Bonchev–Trinajstić information content (AvgIpc) is 2.03. The van der Waals surface area contributed by atoms with Gasteiger partial charge in [0.1, 0.15) is 0 Å². The van der Waals surface area contributed by atoms with Crippen LogP contribution in [0.15, 0.2) is 0 Å². The molecule has 0 aliphatic rings. The van der Waals surface area contributed by atoms with Crippen LogP contribution in [0.25, 0.3) is 0 Å². The van der Waals surface area contributed by atoms with Crippen LogP contribution in [-0.4, -0.2) is 20.2 Å². The molecule has 0 fully saturated rings. The normalized spacial score (nSPS) is 2.00. The largest absolute Gasteiger partial charge is 2.00 e. The molecule has 0 aromatic rings. The second-order valence-corrected chi connectivity index (χ2v) is 0. The molecular formula is C8H20Be2FK. The Labute approximate surface area is 130 Å². The summed E-state index contributed by atoms with van der Waals surface area (Å²) >= 11 is 0. The zero-order chi connectivity index (χ0) is 8.00. The average molecular weight is 192 g/mol. The summed E-state index contributed by atoms with van der Waals surface area (Å²) in [5, 5.41) is 0. The molecule has 0 amide bonds. The van der Waals surface area contributed by atoms with Crippen LogP contribution in [0, 0.1) is 27.7 Å². The van der Waals surface area contributed by atoms with Crippen molar-refractivity contribution in [2.75, 3.05) is 0 Å². The monoisotopic (exact) mass is 192 g/mol. The van der Waals surface area contributed by atoms with Gasteiger partial charge in [-0.05, 0) is 0 Å². The van der Waals surface area contributed by atoms with Gasteiger partial charge in [0, 0.05) is 0 Å². The predicted octanol–water partition coefficient (Wildman–Crippen LogP) is -3.39. The van der Waals surface area contributed by atoms with Crippen molar-refractivity contribution in [2.45, 2.75) is 27.7 Å². The summed E-state index contributed by atoms with van der Waals surface area (Å²) in [5.41, 5.74) is 0. The maximum atomic E-state index is 3.25. The van der Waals surface area contributed by atoms with Gasteiger partial charge in [-0.15, -0.1) is 0 Å². The van der Waals surface area contributed by atoms with Crippen LogP contribution >= 0.6 is 0 Å². The van der Waals surface area contributed by atoms with Crippen LogP contribution in [0.3, 0.4) is 0 Å². The van der Waals surface area contributed by atoms with Crippen molar-refractivity contribution in [3.63, 3.8) is 0 Å². The standard InChI is InChI=1S/4C2H5.2Be.FH.K/c4*1-2;;;;/h4*1H2,2H3;;;1H;/q4*-1;2*+2;;+1/p-1. The molecule has 4 heteroatoms. The van der Waals surface area contributed by atoms with E-state index in [2.05, 4.69) is 27.7 Å². The van der Waals surface area contributed by atoms with Gasteiger partial charge < -0.3 is 32.4 Å². The third-order valence-electron chi connectivity index (χ3n) is 0. The number of hydrogen-bond acceptors (Lipinski definition) is 0. The summed E-state index contributed by atoms with van der Waals surface area (Å²) in [6, 6.07) is 0. The fourth-order valence-electron chi connectivity index (χ4n) is 0. The molecule has 0 heterocycles. The van der Waals surface area contributed by atoms with E-state index in [4.69, 9.17) is 0 Å². The van der Waals surface area contributed by atoms with Crippen LogP contribution in [0.5, 0.6) is 0 Å². The predicted molar refractivity (Wildman–Crippen MR) is 55.6 cm³/mol. The minimum absolute atomic E-state index is 0. The molecule has 0 spiro atoms. The van der Waals surface area contributed by atoms with Crippen LogP contribution in [0.2, 0.25) is 0 Å². The van der Waals surface area contributed by atoms with Gasteiger partial charge in [-0.25, -0.2) is 0 Å². The van der Waals surface area contributed by atoms with Crippen LogP contribution < -0.4 is 56.1 Å². The number of halogens is 1. The molecule has 0 rings (SSSR count). The molecular weight excluding hydrogens is 172 g/mol. The molecule has 0 aromatic heterocycles. The summed E-state index contributed by atoms with van der Waals surface area (Å²) in [5.74, 6) is 0. The fourth-order valence-corrected chi connectivity index (χ4v) is 0. The Morgan fingerprint density at radius 2 is 0.500 bits per heavy atom. The zero-order valence-electron chi connectivity index (χ0n) is 9.62. The Morgan fingerprint density at radius 1 is 0.500 bits per heavy atom. The zero-order valence-corrected chi connectivity index (χ0v) is 12.7. The molecule has 0 radical (unpaired) electrons. The minimum atomic E-state index is 0. The van der Waals surface area contributed by atoms with Crippen LogP contribution in [0.1, 0.15) is 27.7 Å². The topological polar surface area (TPSA) is 0 Å². The van der Waals surface area contributed by atoms with E-state index < -0.39 is 0 Å². The maximum Gasteiger partial charge on any atom is 2.00 e. The first-order chi connectivity index (χ1) is 4.00. The quantitative estimate of drug-likeness (QED) is 0.277. The van der Waals surface area contributed by atoms with E-state index in [1.807, 2.05) is 0 Å². The Morgan fingerprint density at radius 3 is 0.500 bits per heavy atom. The molecule has 0 aliphatic heterocycles. The third kappa shape index (κ3) is 390. The second-order valence-electron chi connectivity index (χ2n) is 0. The summed E-state index contributed by atoms with van der Waals surface area (Å²) in [6.45, 7) is 20.0.